The number of amides is 2. The molecular weight excluding hydrogens is 374 g/mol. The van der Waals surface area contributed by atoms with Crippen LogP contribution in [0.3, 0.4) is 0 Å². The van der Waals surface area contributed by atoms with Crippen molar-refractivity contribution >= 4 is 23.6 Å². The molecule has 0 saturated carbocycles. The number of rotatable bonds is 8. The number of carbonyl (C=O) groups excluding carboxylic acids is 2. The molecule has 2 aromatic rings. The maximum Gasteiger partial charge on any atom is 0.269 e. The normalized spacial score (nSPS) is 10.7. The largest absolute Gasteiger partial charge is 0.494 e. The highest BCUT2D eigenvalue weighted by Crippen LogP contribution is 2.14. The molecule has 152 valence electrons. The van der Waals surface area contributed by atoms with Crippen LogP contribution in [0.5, 0.6) is 5.75 Å². The topological polar surface area (TPSA) is 111 Å². The molecule has 0 aliphatic heterocycles. The second kappa shape index (κ2) is 10.6. The molecule has 2 N–H and O–H groups in total. The summed E-state index contributed by atoms with van der Waals surface area (Å²) in [6.07, 6.45) is 3.64. The molecule has 0 atom stereocenters. The quantitative estimate of drug-likeness (QED) is 0.402. The van der Waals surface area contributed by atoms with Crippen LogP contribution in [0.2, 0.25) is 0 Å². The minimum atomic E-state index is -0.537. The van der Waals surface area contributed by atoms with Crippen molar-refractivity contribution < 1.29 is 19.2 Å². The molecule has 0 fully saturated rings. The maximum atomic E-state index is 12.1. The summed E-state index contributed by atoms with van der Waals surface area (Å²) < 4.78 is 5.60. The Morgan fingerprint density at radius 2 is 1.72 bits per heavy atom. The fraction of sp³-hybridized carbons (Fsp3) is 0.238. The van der Waals surface area contributed by atoms with Gasteiger partial charge in [0.1, 0.15) is 5.75 Å². The number of nitrogens with one attached hydrogen (secondary N) is 2. The number of carbonyl (C=O) groups is 2. The summed E-state index contributed by atoms with van der Waals surface area (Å²) in [7, 11) is 0. The fourth-order valence-corrected chi connectivity index (χ4v) is 2.23. The lowest BCUT2D eigenvalue weighted by Gasteiger charge is -2.09. The molecule has 29 heavy (non-hydrogen) atoms. The number of nitro groups is 1. The van der Waals surface area contributed by atoms with Gasteiger partial charge in [-0.05, 0) is 60.4 Å². The lowest BCUT2D eigenvalue weighted by Crippen LogP contribution is -2.40. The maximum absolute atomic E-state index is 12.1. The molecule has 0 radical (unpaired) electrons. The van der Waals surface area contributed by atoms with Crippen LogP contribution in [0.4, 0.5) is 5.69 Å². The second-order valence-electron chi connectivity index (χ2n) is 6.68. The van der Waals surface area contributed by atoms with Gasteiger partial charge in [0.15, 0.2) is 0 Å². The highest BCUT2D eigenvalue weighted by molar-refractivity contribution is 5.98. The van der Waals surface area contributed by atoms with Crippen molar-refractivity contribution in [2.45, 2.75) is 20.3 Å². The van der Waals surface area contributed by atoms with Crippen molar-refractivity contribution in [3.8, 4) is 5.75 Å². The molecule has 0 aromatic heterocycles. The number of non-ortho nitro benzene ring substituents is 1. The van der Waals surface area contributed by atoms with E-state index in [2.05, 4.69) is 24.7 Å². The van der Waals surface area contributed by atoms with E-state index >= 15 is 0 Å². The summed E-state index contributed by atoms with van der Waals surface area (Å²) in [5.41, 5.74) is 5.55. The van der Waals surface area contributed by atoms with Crippen LogP contribution in [-0.4, -0.2) is 23.3 Å². The molecular formula is C21H23N3O5. The van der Waals surface area contributed by atoms with Gasteiger partial charge >= 0.3 is 0 Å². The molecule has 2 aromatic carbocycles. The Labute approximate surface area is 168 Å². The molecule has 8 nitrogen and oxygen atoms in total. The van der Waals surface area contributed by atoms with E-state index in [4.69, 9.17) is 4.74 Å². The van der Waals surface area contributed by atoms with Crippen molar-refractivity contribution in [3.05, 3.63) is 75.8 Å². The van der Waals surface area contributed by atoms with Crippen LogP contribution in [0.1, 0.15) is 36.2 Å². The molecule has 0 bridgehead atoms. The number of hydrogen-bond acceptors (Lipinski definition) is 5. The summed E-state index contributed by atoms with van der Waals surface area (Å²) in [5, 5.41) is 10.6. The van der Waals surface area contributed by atoms with Gasteiger partial charge in [0, 0.05) is 23.8 Å². The smallest absolute Gasteiger partial charge is 0.269 e. The van der Waals surface area contributed by atoms with Gasteiger partial charge < -0.3 is 4.74 Å². The SMILES string of the molecule is CC(C)CCOc1ccc(C(=O)NNC(=O)/C=C/c2ccc([N+](=O)[O-])cc2)cc1. The standard InChI is InChI=1S/C21H23N3O5/c1-15(2)13-14-29-19-10-6-17(7-11-19)21(26)23-22-20(25)12-5-16-3-8-18(9-4-16)24(27)28/h3-12,15H,13-14H2,1-2H3,(H,22,25)(H,23,26)/b12-5+. The molecule has 8 heteroatoms. The van der Waals surface area contributed by atoms with Crippen LogP contribution in [0.15, 0.2) is 54.6 Å². The first kappa shape index (κ1) is 21.6. The van der Waals surface area contributed by atoms with Crippen LogP contribution >= 0.6 is 0 Å². The van der Waals surface area contributed by atoms with Crippen molar-refractivity contribution in [3.63, 3.8) is 0 Å². The van der Waals surface area contributed by atoms with Crippen LogP contribution in [0.25, 0.3) is 6.08 Å². The molecule has 0 heterocycles. The summed E-state index contributed by atoms with van der Waals surface area (Å²) >= 11 is 0. The Bertz CT molecular complexity index is 874. The fourth-order valence-electron chi connectivity index (χ4n) is 2.23. The minimum Gasteiger partial charge on any atom is -0.494 e. The van der Waals surface area contributed by atoms with Crippen LogP contribution < -0.4 is 15.6 Å². The van der Waals surface area contributed by atoms with E-state index in [1.165, 1.54) is 36.4 Å². The van der Waals surface area contributed by atoms with E-state index in [0.29, 0.717) is 29.4 Å². The van der Waals surface area contributed by atoms with Crippen molar-refractivity contribution in [2.24, 2.45) is 5.92 Å². The molecule has 2 rings (SSSR count). The second-order valence-corrected chi connectivity index (χ2v) is 6.68. The van der Waals surface area contributed by atoms with Gasteiger partial charge in [-0.1, -0.05) is 13.8 Å². The number of nitrogens with zero attached hydrogens (tertiary/aromatic N) is 1. The third kappa shape index (κ3) is 7.45. The molecule has 0 aliphatic carbocycles. The van der Waals surface area contributed by atoms with Gasteiger partial charge in [0.05, 0.1) is 11.5 Å². The Hall–Kier alpha value is -3.68. The van der Waals surface area contributed by atoms with Gasteiger partial charge in [0.25, 0.3) is 17.5 Å². The molecule has 0 saturated heterocycles. The van der Waals surface area contributed by atoms with Crippen molar-refractivity contribution in [1.82, 2.24) is 10.9 Å². The monoisotopic (exact) mass is 397 g/mol. The number of hydrazine groups is 1. The van der Waals surface area contributed by atoms with E-state index in [1.54, 1.807) is 24.3 Å². The Kier molecular flexibility index (Phi) is 7.90. The van der Waals surface area contributed by atoms with Gasteiger partial charge in [-0.2, -0.15) is 0 Å². The highest BCUT2D eigenvalue weighted by atomic mass is 16.6. The predicted octanol–water partition coefficient (Wildman–Crippen LogP) is 3.49. The van der Waals surface area contributed by atoms with Gasteiger partial charge in [-0.15, -0.1) is 0 Å². The first-order valence-corrected chi connectivity index (χ1v) is 9.11. The van der Waals surface area contributed by atoms with Crippen molar-refractivity contribution in [2.75, 3.05) is 6.61 Å². The predicted molar refractivity (Wildman–Crippen MR) is 109 cm³/mol. The average Bonchev–Trinajstić information content (AvgIpc) is 2.71. The summed E-state index contributed by atoms with van der Waals surface area (Å²) in [5.74, 6) is 0.233. The minimum absolute atomic E-state index is 0.0322. The Morgan fingerprint density at radius 3 is 2.31 bits per heavy atom. The first-order valence-electron chi connectivity index (χ1n) is 9.11. The summed E-state index contributed by atoms with van der Waals surface area (Å²) in [6, 6.07) is 12.3. The molecule has 0 aliphatic rings. The third-order valence-corrected chi connectivity index (χ3v) is 3.91. The zero-order chi connectivity index (χ0) is 21.2. The van der Waals surface area contributed by atoms with E-state index in [1.807, 2.05) is 0 Å². The number of hydrogen-bond donors (Lipinski definition) is 2. The molecule has 0 spiro atoms. The van der Waals surface area contributed by atoms with Crippen LogP contribution in [-0.2, 0) is 4.79 Å². The number of ether oxygens (including phenoxy) is 1. The summed E-state index contributed by atoms with van der Waals surface area (Å²) in [6.45, 7) is 4.85. The van der Waals surface area contributed by atoms with Gasteiger partial charge in [0.2, 0.25) is 0 Å². The number of nitro benzene ring substituents is 1. The first-order chi connectivity index (χ1) is 13.8. The lowest BCUT2D eigenvalue weighted by atomic mass is 10.1. The zero-order valence-corrected chi connectivity index (χ0v) is 16.3. The Morgan fingerprint density at radius 1 is 1.07 bits per heavy atom. The Balaban J connectivity index is 1.80. The van der Waals surface area contributed by atoms with E-state index in [0.717, 1.165) is 6.42 Å². The van der Waals surface area contributed by atoms with Gasteiger partial charge in [-0.25, -0.2) is 0 Å². The number of benzene rings is 2. The third-order valence-electron chi connectivity index (χ3n) is 3.91. The summed E-state index contributed by atoms with van der Waals surface area (Å²) in [4.78, 5) is 34.0. The van der Waals surface area contributed by atoms with Crippen molar-refractivity contribution in [1.29, 1.82) is 0 Å². The molecule has 2 amide bonds. The molecule has 0 unspecified atom stereocenters. The van der Waals surface area contributed by atoms with E-state index in [-0.39, 0.29) is 5.69 Å². The van der Waals surface area contributed by atoms with E-state index in [9.17, 15) is 19.7 Å². The van der Waals surface area contributed by atoms with E-state index < -0.39 is 16.7 Å². The van der Waals surface area contributed by atoms with Crippen LogP contribution in [0, 0.1) is 16.0 Å². The van der Waals surface area contributed by atoms with Gasteiger partial charge in [-0.3, -0.25) is 30.6 Å². The lowest BCUT2D eigenvalue weighted by molar-refractivity contribution is -0.384. The zero-order valence-electron chi connectivity index (χ0n) is 16.3. The average molecular weight is 397 g/mol. The highest BCUT2D eigenvalue weighted by Gasteiger charge is 2.07.